The molecule has 0 spiro atoms. The highest BCUT2D eigenvalue weighted by atomic mass is 16.5. The predicted molar refractivity (Wildman–Crippen MR) is 110 cm³/mol. The Hall–Kier alpha value is -3.81. The van der Waals surface area contributed by atoms with Gasteiger partial charge in [0, 0.05) is 11.8 Å². The fourth-order valence-corrected chi connectivity index (χ4v) is 2.57. The minimum absolute atomic E-state index is 0.196. The molecule has 2 N–H and O–H groups in total. The number of nitrogens with one attached hydrogen (secondary N) is 2. The Morgan fingerprint density at radius 2 is 1.69 bits per heavy atom. The van der Waals surface area contributed by atoms with E-state index in [2.05, 4.69) is 20.8 Å². The average Bonchev–Trinajstić information content (AvgIpc) is 2.75. The summed E-state index contributed by atoms with van der Waals surface area (Å²) in [5, 5.41) is 13.9. The Labute approximate surface area is 168 Å². The normalized spacial score (nSPS) is 10.2. The molecular formula is C21H22N4O4. The first kappa shape index (κ1) is 19.9. The van der Waals surface area contributed by atoms with Crippen LogP contribution in [0.4, 0.5) is 17.2 Å². The minimum atomic E-state index is -0.354. The Morgan fingerprint density at radius 1 is 0.931 bits per heavy atom. The van der Waals surface area contributed by atoms with Crippen molar-refractivity contribution in [1.82, 2.24) is 10.2 Å². The van der Waals surface area contributed by atoms with E-state index in [1.807, 2.05) is 6.92 Å². The lowest BCUT2D eigenvalue weighted by molar-refractivity contribution is 0.102. The molecule has 0 atom stereocenters. The van der Waals surface area contributed by atoms with E-state index < -0.39 is 0 Å². The van der Waals surface area contributed by atoms with Crippen molar-refractivity contribution in [3.05, 3.63) is 60.3 Å². The maximum absolute atomic E-state index is 12.4. The number of methoxy groups -OCH3 is 2. The number of ether oxygens (including phenoxy) is 3. The van der Waals surface area contributed by atoms with Gasteiger partial charge in [0.05, 0.1) is 26.5 Å². The summed E-state index contributed by atoms with van der Waals surface area (Å²) in [7, 11) is 3.16. The number of aromatic nitrogens is 2. The summed E-state index contributed by atoms with van der Waals surface area (Å²) in [5.41, 5.74) is 1.51. The lowest BCUT2D eigenvalue weighted by Crippen LogP contribution is -2.14. The molecule has 3 rings (SSSR count). The van der Waals surface area contributed by atoms with E-state index in [-0.39, 0.29) is 11.6 Å². The molecule has 0 radical (unpaired) electrons. The van der Waals surface area contributed by atoms with Crippen molar-refractivity contribution < 1.29 is 19.0 Å². The van der Waals surface area contributed by atoms with E-state index >= 15 is 0 Å². The number of carbonyl (C=O) groups is 1. The second-order valence-corrected chi connectivity index (χ2v) is 5.91. The molecule has 0 fully saturated rings. The highest BCUT2D eigenvalue weighted by Gasteiger charge is 2.11. The summed E-state index contributed by atoms with van der Waals surface area (Å²) in [6, 6.07) is 15.7. The van der Waals surface area contributed by atoms with Crippen LogP contribution in [-0.2, 0) is 0 Å². The van der Waals surface area contributed by atoms with Gasteiger partial charge < -0.3 is 24.8 Å². The van der Waals surface area contributed by atoms with Crippen molar-refractivity contribution in [3.63, 3.8) is 0 Å². The number of hydrogen-bond acceptors (Lipinski definition) is 7. The SMILES string of the molecule is CCOc1ccc(NC(=O)c2ccc(Nc3cc(OC)ccc3OC)nn2)cc1. The van der Waals surface area contributed by atoms with E-state index in [1.54, 1.807) is 68.8 Å². The van der Waals surface area contributed by atoms with Gasteiger partial charge in [0.25, 0.3) is 5.91 Å². The number of hydrogen-bond donors (Lipinski definition) is 2. The molecule has 8 nitrogen and oxygen atoms in total. The number of rotatable bonds is 8. The number of amides is 1. The van der Waals surface area contributed by atoms with Gasteiger partial charge in [-0.3, -0.25) is 4.79 Å². The lowest BCUT2D eigenvalue weighted by Gasteiger charge is -2.12. The van der Waals surface area contributed by atoms with Crippen molar-refractivity contribution in [2.75, 3.05) is 31.5 Å². The molecule has 0 unspecified atom stereocenters. The van der Waals surface area contributed by atoms with Crippen molar-refractivity contribution in [1.29, 1.82) is 0 Å². The second-order valence-electron chi connectivity index (χ2n) is 5.91. The zero-order valence-electron chi connectivity index (χ0n) is 16.4. The Bertz CT molecular complexity index is 959. The number of nitrogens with zero attached hydrogens (tertiary/aromatic N) is 2. The van der Waals surface area contributed by atoms with Gasteiger partial charge >= 0.3 is 0 Å². The lowest BCUT2D eigenvalue weighted by atomic mass is 10.2. The summed E-state index contributed by atoms with van der Waals surface area (Å²) >= 11 is 0. The first-order chi connectivity index (χ1) is 14.1. The van der Waals surface area contributed by atoms with Crippen molar-refractivity contribution in [2.24, 2.45) is 0 Å². The van der Waals surface area contributed by atoms with Crippen LogP contribution < -0.4 is 24.8 Å². The zero-order valence-corrected chi connectivity index (χ0v) is 16.4. The molecular weight excluding hydrogens is 372 g/mol. The molecule has 0 aliphatic carbocycles. The molecule has 3 aromatic rings. The Balaban J connectivity index is 1.67. The summed E-state index contributed by atoms with van der Waals surface area (Å²) in [6.07, 6.45) is 0. The quantitative estimate of drug-likeness (QED) is 0.598. The molecule has 0 aliphatic rings. The minimum Gasteiger partial charge on any atom is -0.497 e. The van der Waals surface area contributed by atoms with Crippen LogP contribution in [0.15, 0.2) is 54.6 Å². The van der Waals surface area contributed by atoms with Crippen LogP contribution in [0.1, 0.15) is 17.4 Å². The van der Waals surface area contributed by atoms with Gasteiger partial charge in [-0.15, -0.1) is 10.2 Å². The van der Waals surface area contributed by atoms with Gasteiger partial charge in [0.2, 0.25) is 0 Å². The highest BCUT2D eigenvalue weighted by molar-refractivity contribution is 6.02. The van der Waals surface area contributed by atoms with E-state index in [1.165, 1.54) is 0 Å². The van der Waals surface area contributed by atoms with Crippen LogP contribution in [0.3, 0.4) is 0 Å². The summed E-state index contributed by atoms with van der Waals surface area (Å²) in [6.45, 7) is 2.50. The zero-order chi connectivity index (χ0) is 20.6. The van der Waals surface area contributed by atoms with Crippen LogP contribution in [0.2, 0.25) is 0 Å². The van der Waals surface area contributed by atoms with Gasteiger partial charge in [-0.05, 0) is 55.5 Å². The molecule has 0 saturated carbocycles. The Kier molecular flexibility index (Phi) is 6.47. The average molecular weight is 394 g/mol. The maximum atomic E-state index is 12.4. The third-order valence-electron chi connectivity index (χ3n) is 3.99. The maximum Gasteiger partial charge on any atom is 0.276 e. The monoisotopic (exact) mass is 394 g/mol. The van der Waals surface area contributed by atoms with Crippen molar-refractivity contribution in [3.8, 4) is 17.2 Å². The van der Waals surface area contributed by atoms with Crippen molar-refractivity contribution in [2.45, 2.75) is 6.92 Å². The molecule has 2 aromatic carbocycles. The highest BCUT2D eigenvalue weighted by Crippen LogP contribution is 2.30. The van der Waals surface area contributed by atoms with Gasteiger partial charge in [-0.2, -0.15) is 0 Å². The van der Waals surface area contributed by atoms with Gasteiger partial charge in [-0.1, -0.05) is 0 Å². The molecule has 0 saturated heterocycles. The number of benzene rings is 2. The molecule has 1 amide bonds. The van der Waals surface area contributed by atoms with Crippen molar-refractivity contribution >= 4 is 23.1 Å². The van der Waals surface area contributed by atoms with Gasteiger partial charge in [-0.25, -0.2) is 0 Å². The topological polar surface area (TPSA) is 94.6 Å². The molecule has 1 aromatic heterocycles. The van der Waals surface area contributed by atoms with E-state index in [4.69, 9.17) is 14.2 Å². The third-order valence-corrected chi connectivity index (χ3v) is 3.99. The number of anilines is 3. The van der Waals surface area contributed by atoms with E-state index in [9.17, 15) is 4.79 Å². The van der Waals surface area contributed by atoms with Gasteiger partial charge in [0.15, 0.2) is 11.5 Å². The largest absolute Gasteiger partial charge is 0.497 e. The standard InChI is InChI=1S/C21H22N4O4/c1-4-29-15-7-5-14(6-8-15)22-21(26)17-10-12-20(25-24-17)23-18-13-16(27-2)9-11-19(18)28-3/h5-13H,4H2,1-3H3,(H,22,26)(H,23,25). The summed E-state index contributed by atoms with van der Waals surface area (Å²) < 4.78 is 15.9. The molecule has 150 valence electrons. The van der Waals surface area contributed by atoms with E-state index in [0.29, 0.717) is 35.3 Å². The smallest absolute Gasteiger partial charge is 0.276 e. The van der Waals surface area contributed by atoms with Crippen LogP contribution in [0, 0.1) is 0 Å². The fraction of sp³-hybridized carbons (Fsp3) is 0.190. The van der Waals surface area contributed by atoms with Gasteiger partial charge in [0.1, 0.15) is 17.2 Å². The summed E-state index contributed by atoms with van der Waals surface area (Å²) in [4.78, 5) is 12.4. The van der Waals surface area contributed by atoms with Crippen LogP contribution in [0.5, 0.6) is 17.2 Å². The predicted octanol–water partition coefficient (Wildman–Crippen LogP) is 3.89. The Morgan fingerprint density at radius 3 is 2.31 bits per heavy atom. The molecule has 1 heterocycles. The van der Waals surface area contributed by atoms with Crippen LogP contribution in [-0.4, -0.2) is 36.9 Å². The number of carbonyl (C=O) groups excluding carboxylic acids is 1. The molecule has 8 heteroatoms. The first-order valence-corrected chi connectivity index (χ1v) is 9.00. The first-order valence-electron chi connectivity index (χ1n) is 9.00. The third kappa shape index (κ3) is 5.13. The fourth-order valence-electron chi connectivity index (χ4n) is 2.57. The summed E-state index contributed by atoms with van der Waals surface area (Å²) in [5.74, 6) is 2.16. The van der Waals surface area contributed by atoms with Crippen LogP contribution in [0.25, 0.3) is 0 Å². The van der Waals surface area contributed by atoms with Crippen LogP contribution >= 0.6 is 0 Å². The molecule has 29 heavy (non-hydrogen) atoms. The molecule has 0 aliphatic heterocycles. The molecule has 0 bridgehead atoms. The second kappa shape index (κ2) is 9.41. The van der Waals surface area contributed by atoms with E-state index in [0.717, 1.165) is 5.75 Å².